The van der Waals surface area contributed by atoms with Gasteiger partial charge >= 0.3 is 7.60 Å². The highest BCUT2D eigenvalue weighted by Gasteiger charge is 2.20. The smallest absolute Gasteiger partial charge is 0.312 e. The van der Waals surface area contributed by atoms with E-state index in [1.165, 1.54) is 21.1 Å². The number of carbonyl (C=O) groups is 1. The SMILES string of the molecule is COP(=O)(CCC(C)=O)OC. The van der Waals surface area contributed by atoms with Gasteiger partial charge in [0, 0.05) is 20.6 Å². The Labute approximate surface area is 66.4 Å². The van der Waals surface area contributed by atoms with Gasteiger partial charge in [-0.2, -0.15) is 0 Å². The molecule has 0 aromatic heterocycles. The Kier molecular flexibility index (Phi) is 4.57. The zero-order valence-electron chi connectivity index (χ0n) is 6.99. The fourth-order valence-electron chi connectivity index (χ4n) is 0.551. The normalized spacial score (nSPS) is 11.5. The molecule has 0 amide bonds. The second kappa shape index (κ2) is 4.65. The summed E-state index contributed by atoms with van der Waals surface area (Å²) in [7, 11) is -0.336. The Hall–Kier alpha value is -0.180. The molecule has 0 radical (unpaired) electrons. The minimum absolute atomic E-state index is 0.0145. The molecule has 0 heterocycles. The molecule has 0 bridgehead atoms. The molecular formula is C6H13O4P. The van der Waals surface area contributed by atoms with Gasteiger partial charge in [0.1, 0.15) is 5.78 Å². The Balaban J connectivity index is 3.89. The predicted octanol–water partition coefficient (Wildman–Crippen LogP) is 1.45. The maximum atomic E-state index is 11.3. The van der Waals surface area contributed by atoms with Crippen molar-refractivity contribution in [2.75, 3.05) is 20.4 Å². The van der Waals surface area contributed by atoms with Gasteiger partial charge in [0.15, 0.2) is 0 Å². The van der Waals surface area contributed by atoms with Gasteiger partial charge in [0.2, 0.25) is 0 Å². The van der Waals surface area contributed by atoms with Gasteiger partial charge < -0.3 is 13.8 Å². The van der Waals surface area contributed by atoms with Crippen molar-refractivity contribution >= 4 is 13.4 Å². The first-order chi connectivity index (χ1) is 5.04. The number of ketones is 1. The first kappa shape index (κ1) is 10.8. The maximum absolute atomic E-state index is 11.3. The minimum Gasteiger partial charge on any atom is -0.312 e. The average molecular weight is 180 g/mol. The van der Waals surface area contributed by atoms with Gasteiger partial charge in [0.05, 0.1) is 6.16 Å². The third-order valence-corrected chi connectivity index (χ3v) is 3.18. The minimum atomic E-state index is -2.96. The van der Waals surface area contributed by atoms with Crippen LogP contribution in [0.4, 0.5) is 0 Å². The molecule has 0 atom stereocenters. The topological polar surface area (TPSA) is 52.6 Å². The quantitative estimate of drug-likeness (QED) is 0.601. The molecule has 0 saturated heterocycles. The van der Waals surface area contributed by atoms with Crippen molar-refractivity contribution in [2.24, 2.45) is 0 Å². The molecule has 0 saturated carbocycles. The second-order valence-corrected chi connectivity index (χ2v) is 4.55. The molecule has 0 aromatic rings. The highest BCUT2D eigenvalue weighted by Crippen LogP contribution is 2.46. The molecule has 0 spiro atoms. The molecule has 0 N–H and O–H groups in total. The fourth-order valence-corrected chi connectivity index (χ4v) is 1.65. The van der Waals surface area contributed by atoms with E-state index in [1.54, 1.807) is 0 Å². The summed E-state index contributed by atoms with van der Waals surface area (Å²) in [6.07, 6.45) is 0.397. The van der Waals surface area contributed by atoms with Crippen molar-refractivity contribution in [1.29, 1.82) is 0 Å². The van der Waals surface area contributed by atoms with E-state index < -0.39 is 7.60 Å². The molecule has 11 heavy (non-hydrogen) atoms. The summed E-state index contributed by atoms with van der Waals surface area (Å²) >= 11 is 0. The van der Waals surface area contributed by atoms with E-state index in [-0.39, 0.29) is 18.4 Å². The third-order valence-electron chi connectivity index (χ3n) is 1.29. The highest BCUT2D eigenvalue weighted by molar-refractivity contribution is 7.53. The standard InChI is InChI=1S/C6H13O4P/c1-6(7)4-5-11(8,9-2)10-3/h4-5H2,1-3H3. The molecule has 4 nitrogen and oxygen atoms in total. The van der Waals surface area contributed by atoms with Crippen LogP contribution < -0.4 is 0 Å². The number of carbonyl (C=O) groups excluding carboxylic acids is 1. The second-order valence-electron chi connectivity index (χ2n) is 2.15. The van der Waals surface area contributed by atoms with Crippen LogP contribution in [0.3, 0.4) is 0 Å². The number of rotatable bonds is 5. The zero-order chi connectivity index (χ0) is 8.91. The van der Waals surface area contributed by atoms with Crippen molar-refractivity contribution in [3.63, 3.8) is 0 Å². The van der Waals surface area contributed by atoms with E-state index in [2.05, 4.69) is 9.05 Å². The van der Waals surface area contributed by atoms with Gasteiger partial charge in [0.25, 0.3) is 0 Å². The maximum Gasteiger partial charge on any atom is 0.330 e. The molecule has 5 heteroatoms. The Bertz CT molecular complexity index is 169. The summed E-state index contributed by atoms with van der Waals surface area (Å²) < 4.78 is 20.5. The van der Waals surface area contributed by atoms with E-state index in [0.29, 0.717) is 0 Å². The van der Waals surface area contributed by atoms with Gasteiger partial charge in [-0.1, -0.05) is 0 Å². The lowest BCUT2D eigenvalue weighted by molar-refractivity contribution is -0.116. The van der Waals surface area contributed by atoms with Crippen LogP contribution in [0.15, 0.2) is 0 Å². The van der Waals surface area contributed by atoms with Gasteiger partial charge in [-0.3, -0.25) is 4.57 Å². The van der Waals surface area contributed by atoms with Crippen LogP contribution in [0.5, 0.6) is 0 Å². The van der Waals surface area contributed by atoms with E-state index in [4.69, 9.17) is 0 Å². The number of Topliss-reactive ketones (excluding diaryl/α,β-unsaturated/α-hetero) is 1. The molecular weight excluding hydrogens is 167 g/mol. The van der Waals surface area contributed by atoms with Crippen LogP contribution in [0.1, 0.15) is 13.3 Å². The molecule has 0 aliphatic heterocycles. The lowest BCUT2D eigenvalue weighted by atomic mass is 10.4. The van der Waals surface area contributed by atoms with Crippen LogP contribution >= 0.6 is 7.60 Å². The Morgan fingerprint density at radius 1 is 1.36 bits per heavy atom. The first-order valence-corrected chi connectivity index (χ1v) is 4.97. The van der Waals surface area contributed by atoms with E-state index in [1.807, 2.05) is 0 Å². The fraction of sp³-hybridized carbons (Fsp3) is 0.833. The lowest BCUT2D eigenvalue weighted by Crippen LogP contribution is -1.99. The van der Waals surface area contributed by atoms with Crippen LogP contribution in [0.2, 0.25) is 0 Å². The van der Waals surface area contributed by atoms with Crippen molar-refractivity contribution < 1.29 is 18.4 Å². The molecule has 66 valence electrons. The molecule has 0 unspecified atom stereocenters. The van der Waals surface area contributed by atoms with Crippen LogP contribution in [0.25, 0.3) is 0 Å². The predicted molar refractivity (Wildman–Crippen MR) is 41.8 cm³/mol. The average Bonchev–Trinajstić information content (AvgIpc) is 2.00. The first-order valence-electron chi connectivity index (χ1n) is 3.24. The van der Waals surface area contributed by atoms with Crippen molar-refractivity contribution in [3.05, 3.63) is 0 Å². The highest BCUT2D eigenvalue weighted by atomic mass is 31.2. The summed E-state index contributed by atoms with van der Waals surface area (Å²) in [5.74, 6) is -0.0145. The third kappa shape index (κ3) is 4.30. The summed E-state index contributed by atoms with van der Waals surface area (Å²) in [5.41, 5.74) is 0. The molecule has 0 rings (SSSR count). The zero-order valence-corrected chi connectivity index (χ0v) is 7.89. The Morgan fingerprint density at radius 2 is 1.82 bits per heavy atom. The van der Waals surface area contributed by atoms with Crippen molar-refractivity contribution in [2.45, 2.75) is 13.3 Å². The molecule has 0 aliphatic carbocycles. The van der Waals surface area contributed by atoms with Crippen LogP contribution in [-0.4, -0.2) is 26.2 Å². The monoisotopic (exact) mass is 180 g/mol. The summed E-state index contributed by atoms with van der Waals surface area (Å²) in [5, 5.41) is 0. The Morgan fingerprint density at radius 3 is 2.09 bits per heavy atom. The van der Waals surface area contributed by atoms with E-state index in [9.17, 15) is 9.36 Å². The number of hydrogen-bond acceptors (Lipinski definition) is 4. The van der Waals surface area contributed by atoms with Crippen molar-refractivity contribution in [3.8, 4) is 0 Å². The lowest BCUT2D eigenvalue weighted by Gasteiger charge is -2.11. The molecule has 0 fully saturated rings. The summed E-state index contributed by atoms with van der Waals surface area (Å²) in [6, 6.07) is 0. The van der Waals surface area contributed by atoms with Crippen LogP contribution in [0, 0.1) is 0 Å². The summed E-state index contributed by atoms with van der Waals surface area (Å²) in [6.45, 7) is 1.44. The largest absolute Gasteiger partial charge is 0.330 e. The van der Waals surface area contributed by atoms with Gasteiger partial charge in [-0.15, -0.1) is 0 Å². The summed E-state index contributed by atoms with van der Waals surface area (Å²) in [4.78, 5) is 10.5. The van der Waals surface area contributed by atoms with Crippen molar-refractivity contribution in [1.82, 2.24) is 0 Å². The number of hydrogen-bond donors (Lipinski definition) is 0. The van der Waals surface area contributed by atoms with Gasteiger partial charge in [-0.25, -0.2) is 0 Å². The molecule has 0 aromatic carbocycles. The van der Waals surface area contributed by atoms with Gasteiger partial charge in [-0.05, 0) is 6.92 Å². The van der Waals surface area contributed by atoms with E-state index in [0.717, 1.165) is 0 Å². The molecule has 0 aliphatic rings. The van der Waals surface area contributed by atoms with E-state index >= 15 is 0 Å². The van der Waals surface area contributed by atoms with Crippen LogP contribution in [-0.2, 0) is 18.4 Å².